The Morgan fingerprint density at radius 2 is 1.64 bits per heavy atom. The van der Waals surface area contributed by atoms with E-state index in [4.69, 9.17) is 4.74 Å². The van der Waals surface area contributed by atoms with E-state index in [1.165, 1.54) is 5.56 Å². The first-order valence-electron chi connectivity index (χ1n) is 11.0. The van der Waals surface area contributed by atoms with E-state index in [-0.39, 0.29) is 11.7 Å². The molecule has 2 N–H and O–H groups in total. The SMILES string of the molecule is O=C(O)c1cccc(N2CC(Oc3ccc(CNc4ccccc4)cc3)C2)c1-n1cccc1. The normalized spacial score (nSPS) is 13.4. The minimum Gasteiger partial charge on any atom is -0.487 e. The number of nitrogens with one attached hydrogen (secondary N) is 1. The van der Waals surface area contributed by atoms with Crippen LogP contribution in [0, 0.1) is 0 Å². The van der Waals surface area contributed by atoms with Gasteiger partial charge in [0.2, 0.25) is 0 Å². The highest BCUT2D eigenvalue weighted by atomic mass is 16.5. The molecule has 2 heterocycles. The summed E-state index contributed by atoms with van der Waals surface area (Å²) in [5.41, 5.74) is 4.15. The number of hydrogen-bond acceptors (Lipinski definition) is 4. The van der Waals surface area contributed by atoms with E-state index in [0.29, 0.717) is 18.8 Å². The zero-order chi connectivity index (χ0) is 22.6. The zero-order valence-corrected chi connectivity index (χ0v) is 18.1. The number of para-hydroxylation sites is 2. The molecule has 6 heteroatoms. The first-order chi connectivity index (χ1) is 16.2. The van der Waals surface area contributed by atoms with Gasteiger partial charge in [0.15, 0.2) is 0 Å². The highest BCUT2D eigenvalue weighted by molar-refractivity contribution is 5.95. The van der Waals surface area contributed by atoms with Crippen molar-refractivity contribution >= 4 is 17.3 Å². The van der Waals surface area contributed by atoms with Gasteiger partial charge in [0.05, 0.1) is 30.0 Å². The number of ether oxygens (including phenoxy) is 1. The average Bonchev–Trinajstić information content (AvgIpc) is 3.35. The van der Waals surface area contributed by atoms with Gasteiger partial charge >= 0.3 is 5.97 Å². The van der Waals surface area contributed by atoms with Crippen molar-refractivity contribution in [2.24, 2.45) is 0 Å². The fourth-order valence-electron chi connectivity index (χ4n) is 4.06. The third kappa shape index (κ3) is 4.55. The van der Waals surface area contributed by atoms with Crippen LogP contribution in [-0.2, 0) is 6.54 Å². The minimum absolute atomic E-state index is 0.0595. The van der Waals surface area contributed by atoms with E-state index in [9.17, 15) is 9.90 Å². The van der Waals surface area contributed by atoms with Crippen LogP contribution in [0.2, 0.25) is 0 Å². The second-order valence-electron chi connectivity index (χ2n) is 8.08. The molecule has 33 heavy (non-hydrogen) atoms. The van der Waals surface area contributed by atoms with Crippen LogP contribution >= 0.6 is 0 Å². The second kappa shape index (κ2) is 9.12. The number of carboxylic acids is 1. The molecule has 1 saturated heterocycles. The Bertz CT molecular complexity index is 1220. The largest absolute Gasteiger partial charge is 0.487 e. The fraction of sp³-hybridized carbons (Fsp3) is 0.148. The lowest BCUT2D eigenvalue weighted by molar-refractivity contribution is 0.0697. The number of carboxylic acid groups (broad SMARTS) is 1. The van der Waals surface area contributed by atoms with Crippen molar-refractivity contribution in [3.63, 3.8) is 0 Å². The van der Waals surface area contributed by atoms with E-state index in [2.05, 4.69) is 22.3 Å². The summed E-state index contributed by atoms with van der Waals surface area (Å²) in [5, 5.41) is 13.1. The number of hydrogen-bond donors (Lipinski definition) is 2. The van der Waals surface area contributed by atoms with Crippen LogP contribution in [0.3, 0.4) is 0 Å². The molecule has 0 bridgehead atoms. The molecule has 6 nitrogen and oxygen atoms in total. The lowest BCUT2D eigenvalue weighted by Crippen LogP contribution is -2.54. The summed E-state index contributed by atoms with van der Waals surface area (Å²) in [6.45, 7) is 2.16. The molecule has 0 atom stereocenters. The van der Waals surface area contributed by atoms with Crippen LogP contribution in [0.15, 0.2) is 97.3 Å². The predicted octanol–water partition coefficient (Wildman–Crippen LogP) is 5.06. The second-order valence-corrected chi connectivity index (χ2v) is 8.08. The molecule has 166 valence electrons. The molecular formula is C27H25N3O3. The van der Waals surface area contributed by atoms with E-state index >= 15 is 0 Å². The number of rotatable bonds is 8. The molecule has 0 spiro atoms. The molecule has 0 unspecified atom stereocenters. The molecule has 3 aromatic carbocycles. The molecule has 0 radical (unpaired) electrons. The van der Waals surface area contributed by atoms with Crippen molar-refractivity contribution < 1.29 is 14.6 Å². The summed E-state index contributed by atoms with van der Waals surface area (Å²) >= 11 is 0. The molecule has 1 fully saturated rings. The van der Waals surface area contributed by atoms with Gasteiger partial charge in [-0.1, -0.05) is 36.4 Å². The van der Waals surface area contributed by atoms with Gasteiger partial charge in [-0.2, -0.15) is 0 Å². The predicted molar refractivity (Wildman–Crippen MR) is 130 cm³/mol. The molecule has 5 rings (SSSR count). The van der Waals surface area contributed by atoms with Crippen molar-refractivity contribution in [1.82, 2.24) is 4.57 Å². The van der Waals surface area contributed by atoms with E-state index in [1.807, 2.05) is 77.6 Å². The Kier molecular flexibility index (Phi) is 5.72. The van der Waals surface area contributed by atoms with Gasteiger partial charge < -0.3 is 24.6 Å². The van der Waals surface area contributed by atoms with Crippen LogP contribution in [0.1, 0.15) is 15.9 Å². The highest BCUT2D eigenvalue weighted by Crippen LogP contribution is 2.32. The molecule has 1 aromatic heterocycles. The summed E-state index contributed by atoms with van der Waals surface area (Å²) in [6, 6.07) is 27.5. The first-order valence-corrected chi connectivity index (χ1v) is 11.0. The van der Waals surface area contributed by atoms with Gasteiger partial charge in [0.25, 0.3) is 0 Å². The maximum absolute atomic E-state index is 11.8. The molecule has 1 aliphatic rings. The van der Waals surface area contributed by atoms with Crippen molar-refractivity contribution in [3.8, 4) is 11.4 Å². The number of anilines is 2. The van der Waals surface area contributed by atoms with Crippen molar-refractivity contribution in [2.75, 3.05) is 23.3 Å². The molecule has 0 amide bonds. The van der Waals surface area contributed by atoms with Gasteiger partial charge in [0, 0.05) is 24.6 Å². The molecule has 1 aliphatic heterocycles. The van der Waals surface area contributed by atoms with Crippen LogP contribution in [-0.4, -0.2) is 34.8 Å². The fourth-order valence-corrected chi connectivity index (χ4v) is 4.06. The van der Waals surface area contributed by atoms with Crippen LogP contribution in [0.4, 0.5) is 11.4 Å². The maximum atomic E-state index is 11.8. The summed E-state index contributed by atoms with van der Waals surface area (Å²) in [6.07, 6.45) is 3.80. The van der Waals surface area contributed by atoms with Gasteiger partial charge in [-0.25, -0.2) is 4.79 Å². The Morgan fingerprint density at radius 1 is 0.909 bits per heavy atom. The van der Waals surface area contributed by atoms with Crippen LogP contribution in [0.25, 0.3) is 5.69 Å². The maximum Gasteiger partial charge on any atom is 0.337 e. The van der Waals surface area contributed by atoms with Crippen LogP contribution < -0.4 is 15.0 Å². The molecule has 4 aromatic rings. The average molecular weight is 440 g/mol. The third-order valence-corrected chi connectivity index (χ3v) is 5.79. The molecular weight excluding hydrogens is 414 g/mol. The quantitative estimate of drug-likeness (QED) is 0.402. The summed E-state index contributed by atoms with van der Waals surface area (Å²) in [7, 11) is 0. The van der Waals surface area contributed by atoms with Gasteiger partial charge in [-0.3, -0.25) is 0 Å². The van der Waals surface area contributed by atoms with Gasteiger partial charge in [0.1, 0.15) is 11.9 Å². The Labute approximate surface area is 192 Å². The number of aromatic nitrogens is 1. The Morgan fingerprint density at radius 3 is 2.33 bits per heavy atom. The van der Waals surface area contributed by atoms with Crippen LogP contribution in [0.5, 0.6) is 5.75 Å². The molecule has 0 aliphatic carbocycles. The molecule has 0 saturated carbocycles. The Balaban J connectivity index is 1.21. The van der Waals surface area contributed by atoms with Crippen molar-refractivity contribution in [1.29, 1.82) is 0 Å². The van der Waals surface area contributed by atoms with E-state index in [1.54, 1.807) is 12.1 Å². The third-order valence-electron chi connectivity index (χ3n) is 5.79. The Hall–Kier alpha value is -4.19. The minimum atomic E-state index is -0.935. The van der Waals surface area contributed by atoms with Gasteiger partial charge in [-0.05, 0) is 54.1 Å². The topological polar surface area (TPSA) is 66.7 Å². The van der Waals surface area contributed by atoms with Gasteiger partial charge in [-0.15, -0.1) is 0 Å². The summed E-state index contributed by atoms with van der Waals surface area (Å²) < 4.78 is 8.00. The van der Waals surface area contributed by atoms with E-state index in [0.717, 1.165) is 23.7 Å². The smallest absolute Gasteiger partial charge is 0.337 e. The lowest BCUT2D eigenvalue weighted by atomic mass is 10.1. The van der Waals surface area contributed by atoms with E-state index < -0.39 is 5.97 Å². The standard InChI is InChI=1S/C27H25N3O3/c31-27(32)24-9-6-10-25(26(24)29-15-4-5-16-29)30-18-23(19-30)33-22-13-11-20(12-14-22)17-28-21-7-2-1-3-8-21/h1-16,23,28H,17-19H2,(H,31,32). The number of carbonyl (C=O) groups is 1. The number of nitrogens with zero attached hydrogens (tertiary/aromatic N) is 2. The number of benzene rings is 3. The monoisotopic (exact) mass is 439 g/mol. The number of aromatic carboxylic acids is 1. The van der Waals surface area contributed by atoms with Crippen molar-refractivity contribution in [2.45, 2.75) is 12.6 Å². The lowest BCUT2D eigenvalue weighted by Gasteiger charge is -2.41. The zero-order valence-electron chi connectivity index (χ0n) is 18.1. The first kappa shape index (κ1) is 20.7. The summed E-state index contributed by atoms with van der Waals surface area (Å²) in [5.74, 6) is -0.0938. The van der Waals surface area contributed by atoms with Crippen molar-refractivity contribution in [3.05, 3.63) is 108 Å². The summed E-state index contributed by atoms with van der Waals surface area (Å²) in [4.78, 5) is 14.0. The highest BCUT2D eigenvalue weighted by Gasteiger charge is 2.31.